The van der Waals surface area contributed by atoms with Gasteiger partial charge in [0.1, 0.15) is 0 Å². The van der Waals surface area contributed by atoms with Gasteiger partial charge in [-0.05, 0) is 49.9 Å². The van der Waals surface area contributed by atoms with Gasteiger partial charge < -0.3 is 5.32 Å². The number of nitrogens with one attached hydrogen (secondary N) is 1. The van der Waals surface area contributed by atoms with Crippen molar-refractivity contribution in [3.8, 4) is 0 Å². The summed E-state index contributed by atoms with van der Waals surface area (Å²) in [5.41, 5.74) is 0.622. The van der Waals surface area contributed by atoms with Gasteiger partial charge in [0, 0.05) is 29.9 Å². The van der Waals surface area contributed by atoms with E-state index in [-0.39, 0.29) is 11.8 Å². The van der Waals surface area contributed by atoms with Gasteiger partial charge in [0.15, 0.2) is 5.17 Å². The van der Waals surface area contributed by atoms with Gasteiger partial charge in [-0.15, -0.1) is 0 Å². The summed E-state index contributed by atoms with van der Waals surface area (Å²) in [6, 6.07) is 6.77. The molecule has 1 heterocycles. The lowest BCUT2D eigenvalue weighted by Gasteiger charge is -2.11. The molecular formula is C15H16ClN3O2S. The highest BCUT2D eigenvalue weighted by Gasteiger charge is 2.32. The Kier molecular flexibility index (Phi) is 5.63. The smallest absolute Gasteiger partial charge is 0.266 e. The number of amidine groups is 1. The van der Waals surface area contributed by atoms with Crippen LogP contribution >= 0.6 is 23.4 Å². The van der Waals surface area contributed by atoms with Crippen LogP contribution < -0.4 is 5.32 Å². The molecule has 1 saturated heterocycles. The third kappa shape index (κ3) is 3.90. The molecule has 0 radical (unpaired) electrons. The van der Waals surface area contributed by atoms with E-state index in [1.54, 1.807) is 29.2 Å². The number of hydrogen-bond acceptors (Lipinski definition) is 4. The summed E-state index contributed by atoms with van der Waals surface area (Å²) in [6.45, 7) is 4.90. The third-order valence-corrected chi connectivity index (χ3v) is 4.17. The summed E-state index contributed by atoms with van der Waals surface area (Å²) in [7, 11) is 0. The molecule has 2 amide bonds. The van der Waals surface area contributed by atoms with E-state index in [0.29, 0.717) is 33.9 Å². The van der Waals surface area contributed by atoms with Crippen molar-refractivity contribution in [1.82, 2.24) is 4.90 Å². The van der Waals surface area contributed by atoms with Crippen LogP contribution in [0.2, 0.25) is 5.02 Å². The van der Waals surface area contributed by atoms with E-state index < -0.39 is 0 Å². The third-order valence-electron chi connectivity index (χ3n) is 2.87. The van der Waals surface area contributed by atoms with Crippen molar-refractivity contribution < 1.29 is 9.59 Å². The standard InChI is InChI=1S/C15H16ClN3O2S/c1-3-17-15-19(4-2)14(21)12(22-15)9-13(20)18-11-7-5-10(16)6-8-11/h5-9H,3-4H2,1-2H3,(H,18,20)/b12-9+,17-15?. The highest BCUT2D eigenvalue weighted by Crippen LogP contribution is 2.30. The van der Waals surface area contributed by atoms with E-state index in [4.69, 9.17) is 11.6 Å². The van der Waals surface area contributed by atoms with Gasteiger partial charge in [-0.3, -0.25) is 19.5 Å². The maximum Gasteiger partial charge on any atom is 0.266 e. The molecule has 1 aromatic carbocycles. The Hall–Kier alpha value is -1.79. The highest BCUT2D eigenvalue weighted by atomic mass is 35.5. The highest BCUT2D eigenvalue weighted by molar-refractivity contribution is 8.18. The van der Waals surface area contributed by atoms with Gasteiger partial charge in [-0.1, -0.05) is 11.6 Å². The lowest BCUT2D eigenvalue weighted by molar-refractivity contribution is -0.122. The lowest BCUT2D eigenvalue weighted by atomic mass is 10.3. The van der Waals surface area contributed by atoms with E-state index in [0.717, 1.165) is 0 Å². The number of rotatable bonds is 4. The molecule has 0 aromatic heterocycles. The molecule has 1 aliphatic rings. The fourth-order valence-electron chi connectivity index (χ4n) is 1.87. The molecule has 0 spiro atoms. The Balaban J connectivity index is 2.11. The number of thioether (sulfide) groups is 1. The van der Waals surface area contributed by atoms with Gasteiger partial charge in [-0.2, -0.15) is 0 Å². The van der Waals surface area contributed by atoms with Crippen LogP contribution in [-0.4, -0.2) is 35.0 Å². The van der Waals surface area contributed by atoms with Gasteiger partial charge in [0.05, 0.1) is 4.91 Å². The van der Waals surface area contributed by atoms with E-state index in [9.17, 15) is 9.59 Å². The first-order chi connectivity index (χ1) is 10.5. The average molecular weight is 338 g/mol. The van der Waals surface area contributed by atoms with Crippen LogP contribution in [0.1, 0.15) is 13.8 Å². The van der Waals surface area contributed by atoms with Gasteiger partial charge in [-0.25, -0.2) is 0 Å². The van der Waals surface area contributed by atoms with Crippen LogP contribution in [0.3, 0.4) is 0 Å². The fourth-order valence-corrected chi connectivity index (χ4v) is 3.07. The van der Waals surface area contributed by atoms with Crippen LogP contribution in [0.15, 0.2) is 40.2 Å². The summed E-state index contributed by atoms with van der Waals surface area (Å²) in [5.74, 6) is -0.544. The number of nitrogens with zero attached hydrogens (tertiary/aromatic N) is 2. The molecule has 2 rings (SSSR count). The summed E-state index contributed by atoms with van der Waals surface area (Å²) in [4.78, 5) is 30.4. The van der Waals surface area contributed by atoms with Crippen LogP contribution in [0.5, 0.6) is 0 Å². The second-order valence-electron chi connectivity index (χ2n) is 4.41. The van der Waals surface area contributed by atoms with Gasteiger partial charge in [0.2, 0.25) is 5.91 Å². The normalized spacial score (nSPS) is 18.3. The first-order valence-corrected chi connectivity index (χ1v) is 8.07. The summed E-state index contributed by atoms with van der Waals surface area (Å²) in [5, 5.41) is 3.93. The van der Waals surface area contributed by atoms with Crippen molar-refractivity contribution in [3.05, 3.63) is 40.3 Å². The van der Waals surface area contributed by atoms with Crippen molar-refractivity contribution in [1.29, 1.82) is 0 Å². The zero-order valence-corrected chi connectivity index (χ0v) is 13.9. The summed E-state index contributed by atoms with van der Waals surface area (Å²) in [6.07, 6.45) is 1.31. The van der Waals surface area contributed by atoms with Crippen molar-refractivity contribution in [2.24, 2.45) is 4.99 Å². The molecular weight excluding hydrogens is 322 g/mol. The first-order valence-electron chi connectivity index (χ1n) is 6.87. The molecule has 1 N–H and O–H groups in total. The van der Waals surface area contributed by atoms with E-state index in [1.165, 1.54) is 17.8 Å². The molecule has 5 nitrogen and oxygen atoms in total. The predicted octanol–water partition coefficient (Wildman–Crippen LogP) is 3.13. The second kappa shape index (κ2) is 7.47. The van der Waals surface area contributed by atoms with Gasteiger partial charge >= 0.3 is 0 Å². The van der Waals surface area contributed by atoms with E-state index >= 15 is 0 Å². The van der Waals surface area contributed by atoms with Crippen LogP contribution in [0, 0.1) is 0 Å². The number of carbonyl (C=O) groups excluding carboxylic acids is 2. The number of amides is 2. The number of likely N-dealkylation sites (N-methyl/N-ethyl adjacent to an activating group) is 1. The van der Waals surface area contributed by atoms with Crippen LogP contribution in [0.25, 0.3) is 0 Å². The Bertz CT molecular complexity index is 641. The number of anilines is 1. The molecule has 0 bridgehead atoms. The molecule has 116 valence electrons. The molecule has 7 heteroatoms. The Morgan fingerprint density at radius 1 is 1.36 bits per heavy atom. The number of halogens is 1. The second-order valence-corrected chi connectivity index (χ2v) is 5.86. The number of hydrogen-bond donors (Lipinski definition) is 1. The molecule has 22 heavy (non-hydrogen) atoms. The largest absolute Gasteiger partial charge is 0.322 e. The average Bonchev–Trinajstić information content (AvgIpc) is 2.77. The fraction of sp³-hybridized carbons (Fsp3) is 0.267. The predicted molar refractivity (Wildman–Crippen MR) is 91.1 cm³/mol. The monoisotopic (exact) mass is 337 g/mol. The molecule has 1 aromatic rings. The summed E-state index contributed by atoms with van der Waals surface area (Å²) < 4.78 is 0. The maximum absolute atomic E-state index is 12.2. The summed E-state index contributed by atoms with van der Waals surface area (Å²) >= 11 is 7.01. The van der Waals surface area contributed by atoms with Crippen molar-refractivity contribution in [2.75, 3.05) is 18.4 Å². The molecule has 1 fully saturated rings. The number of benzene rings is 1. The quantitative estimate of drug-likeness (QED) is 0.858. The minimum atomic E-state index is -0.355. The maximum atomic E-state index is 12.2. The molecule has 0 aliphatic carbocycles. The molecule has 1 aliphatic heterocycles. The number of carbonyl (C=O) groups is 2. The zero-order valence-electron chi connectivity index (χ0n) is 12.3. The minimum Gasteiger partial charge on any atom is -0.322 e. The van der Waals surface area contributed by atoms with E-state index in [1.807, 2.05) is 13.8 Å². The minimum absolute atomic E-state index is 0.189. The van der Waals surface area contributed by atoms with Crippen molar-refractivity contribution in [3.63, 3.8) is 0 Å². The Labute approximate surface area is 138 Å². The lowest BCUT2D eigenvalue weighted by Crippen LogP contribution is -2.29. The first kappa shape index (κ1) is 16.6. The SMILES string of the molecule is CCN=C1S/C(=C/C(=O)Nc2ccc(Cl)cc2)C(=O)N1CC. The Morgan fingerprint density at radius 3 is 2.64 bits per heavy atom. The molecule has 0 saturated carbocycles. The van der Waals surface area contributed by atoms with Gasteiger partial charge in [0.25, 0.3) is 5.91 Å². The molecule has 0 unspecified atom stereocenters. The zero-order chi connectivity index (χ0) is 16.1. The molecule has 0 atom stereocenters. The van der Waals surface area contributed by atoms with Crippen LogP contribution in [0.4, 0.5) is 5.69 Å². The Morgan fingerprint density at radius 2 is 2.05 bits per heavy atom. The number of aliphatic imine (C=N–C) groups is 1. The van der Waals surface area contributed by atoms with Crippen molar-refractivity contribution >= 4 is 46.0 Å². The van der Waals surface area contributed by atoms with Crippen molar-refractivity contribution in [2.45, 2.75) is 13.8 Å². The van der Waals surface area contributed by atoms with E-state index in [2.05, 4.69) is 10.3 Å². The topological polar surface area (TPSA) is 61.8 Å². The van der Waals surface area contributed by atoms with Crippen LogP contribution in [-0.2, 0) is 9.59 Å².